The van der Waals surface area contributed by atoms with Crippen molar-refractivity contribution in [1.29, 1.82) is 0 Å². The van der Waals surface area contributed by atoms with Gasteiger partial charge in [-0.2, -0.15) is 0 Å². The molecule has 50 heavy (non-hydrogen) atoms. The van der Waals surface area contributed by atoms with Gasteiger partial charge in [-0.05, 0) is 77.8 Å². The molecule has 3 aromatic rings. The predicted octanol–water partition coefficient (Wildman–Crippen LogP) is 5.68. The normalized spacial score (nSPS) is 21.8. The maximum Gasteiger partial charge on any atom is 0.355 e. The number of esters is 1. The Morgan fingerprint density at radius 1 is 1.10 bits per heavy atom. The fourth-order valence-corrected chi connectivity index (χ4v) is 10.3. The molecule has 0 spiro atoms. The van der Waals surface area contributed by atoms with Crippen LogP contribution in [0.2, 0.25) is 18.1 Å². The molecule has 14 heteroatoms. The van der Waals surface area contributed by atoms with Crippen LogP contribution in [0.15, 0.2) is 70.8 Å². The average molecular weight is 722 g/mol. The number of sulfonamides is 1. The highest BCUT2D eigenvalue weighted by Gasteiger charge is 2.61. The molecule has 3 aliphatic heterocycles. The zero-order valence-electron chi connectivity index (χ0n) is 29.3. The summed E-state index contributed by atoms with van der Waals surface area (Å²) >= 11 is 0. The van der Waals surface area contributed by atoms with Gasteiger partial charge in [0, 0.05) is 30.0 Å². The number of non-ortho nitro benzene ring substituents is 1. The van der Waals surface area contributed by atoms with E-state index in [4.69, 9.17) is 9.16 Å². The number of nitrogens with zero attached hydrogens (tertiary/aromatic N) is 3. The molecule has 3 aromatic carbocycles. The van der Waals surface area contributed by atoms with Gasteiger partial charge in [-0.15, -0.1) is 0 Å². The number of nitro benzene ring substituents is 1. The summed E-state index contributed by atoms with van der Waals surface area (Å²) in [6, 6.07) is 13.8. The summed E-state index contributed by atoms with van der Waals surface area (Å²) in [5, 5.41) is 21.9. The summed E-state index contributed by atoms with van der Waals surface area (Å²) in [5.74, 6) is -2.03. The molecule has 1 N–H and O–H groups in total. The van der Waals surface area contributed by atoms with Crippen LogP contribution in [0.1, 0.15) is 45.7 Å². The van der Waals surface area contributed by atoms with Crippen LogP contribution in [0.25, 0.3) is 10.8 Å². The number of carbonyl (C=O) groups is 2. The number of hydrogen-bond donors (Lipinski definition) is 1. The molecule has 12 nitrogen and oxygen atoms in total. The molecule has 2 unspecified atom stereocenters. The van der Waals surface area contributed by atoms with Gasteiger partial charge in [0.05, 0.1) is 40.1 Å². The first kappa shape index (κ1) is 35.7. The van der Waals surface area contributed by atoms with Crippen LogP contribution >= 0.6 is 0 Å². The van der Waals surface area contributed by atoms with Gasteiger partial charge in [0.2, 0.25) is 5.91 Å². The van der Waals surface area contributed by atoms with Gasteiger partial charge in [-0.25, -0.2) is 13.2 Å². The van der Waals surface area contributed by atoms with Crippen molar-refractivity contribution in [2.45, 2.75) is 82.8 Å². The summed E-state index contributed by atoms with van der Waals surface area (Å²) in [6.07, 6.45) is -0.0787. The lowest BCUT2D eigenvalue weighted by molar-refractivity contribution is -0.384. The SMILES string of the molecule is C[C@@H](O[Si](C)(C)C(C)(C)C)C1C(=O)N2C(C(=O)OCc3ccc([N+](=O)[O-])cc3)=C(CN3c4cccc5c(CCO)ccc(c45)S3(=O)=O)[C@H](C)C12. The number of amides is 1. The Kier molecular flexibility index (Phi) is 8.99. The van der Waals surface area contributed by atoms with Gasteiger partial charge in [0.25, 0.3) is 15.7 Å². The van der Waals surface area contributed by atoms with Gasteiger partial charge in [0.15, 0.2) is 8.32 Å². The molecule has 0 bridgehead atoms. The summed E-state index contributed by atoms with van der Waals surface area (Å²) in [5.41, 5.74) is 2.17. The molecule has 0 aliphatic carbocycles. The molecule has 0 aromatic heterocycles. The quantitative estimate of drug-likeness (QED) is 0.0866. The molecule has 1 amide bonds. The van der Waals surface area contributed by atoms with Crippen molar-refractivity contribution >= 4 is 52.4 Å². The number of hydrogen-bond acceptors (Lipinski definition) is 9. The molecule has 266 valence electrons. The third-order valence-corrected chi connectivity index (χ3v) is 17.3. The highest BCUT2D eigenvalue weighted by molar-refractivity contribution is 7.93. The van der Waals surface area contributed by atoms with E-state index in [1.54, 1.807) is 24.3 Å². The van der Waals surface area contributed by atoms with E-state index in [0.29, 0.717) is 28.6 Å². The number of fused-ring (bicyclic) bond motifs is 1. The average Bonchev–Trinajstić information content (AvgIpc) is 3.41. The Morgan fingerprint density at radius 2 is 1.78 bits per heavy atom. The number of carbonyl (C=O) groups excluding carboxylic acids is 2. The summed E-state index contributed by atoms with van der Waals surface area (Å²) < 4.78 is 42.0. The zero-order valence-corrected chi connectivity index (χ0v) is 31.1. The number of β-lactam (4-membered cyclic amide) rings is 1. The monoisotopic (exact) mass is 721 g/mol. The number of rotatable bonds is 11. The third-order valence-electron chi connectivity index (χ3n) is 10.9. The van der Waals surface area contributed by atoms with Crippen molar-refractivity contribution in [2.75, 3.05) is 17.5 Å². The van der Waals surface area contributed by atoms with Crippen LogP contribution in [0.4, 0.5) is 11.4 Å². The molecule has 6 rings (SSSR count). The summed E-state index contributed by atoms with van der Waals surface area (Å²) in [4.78, 5) is 40.2. The molecule has 0 saturated carbocycles. The van der Waals surface area contributed by atoms with Crippen molar-refractivity contribution in [3.05, 3.63) is 87.1 Å². The fraction of sp³-hybridized carbons (Fsp3) is 0.444. The van der Waals surface area contributed by atoms with Gasteiger partial charge in [-0.1, -0.05) is 45.9 Å². The lowest BCUT2D eigenvalue weighted by Crippen LogP contribution is -2.65. The van der Waals surface area contributed by atoms with E-state index < -0.39 is 53.2 Å². The zero-order chi connectivity index (χ0) is 36.5. The van der Waals surface area contributed by atoms with Crippen molar-refractivity contribution in [2.24, 2.45) is 11.8 Å². The van der Waals surface area contributed by atoms with Gasteiger partial charge in [-0.3, -0.25) is 19.2 Å². The second-order valence-corrected chi connectivity index (χ2v) is 21.5. The van der Waals surface area contributed by atoms with E-state index in [0.717, 1.165) is 10.9 Å². The first-order chi connectivity index (χ1) is 23.4. The number of anilines is 1. The molecule has 0 radical (unpaired) electrons. The topological polar surface area (TPSA) is 157 Å². The number of nitro groups is 1. The van der Waals surface area contributed by atoms with Crippen molar-refractivity contribution in [1.82, 2.24) is 4.90 Å². The van der Waals surface area contributed by atoms with Crippen molar-refractivity contribution in [3.8, 4) is 0 Å². The Bertz CT molecular complexity index is 2040. The number of aliphatic hydroxyl groups excluding tert-OH is 1. The van der Waals surface area contributed by atoms with Crippen molar-refractivity contribution in [3.63, 3.8) is 0 Å². The smallest absolute Gasteiger partial charge is 0.355 e. The Morgan fingerprint density at radius 3 is 2.40 bits per heavy atom. The molecular weight excluding hydrogens is 679 g/mol. The Labute approximate surface area is 293 Å². The van der Waals surface area contributed by atoms with E-state index >= 15 is 0 Å². The predicted molar refractivity (Wildman–Crippen MR) is 190 cm³/mol. The number of aliphatic hydroxyl groups is 1. The van der Waals surface area contributed by atoms with E-state index in [1.165, 1.54) is 33.5 Å². The first-order valence-electron chi connectivity index (χ1n) is 16.7. The molecular formula is C36H43N3O9SSi. The van der Waals surface area contributed by atoms with Crippen LogP contribution in [0.5, 0.6) is 0 Å². The lowest BCUT2D eigenvalue weighted by Gasteiger charge is -2.50. The van der Waals surface area contributed by atoms with Crippen LogP contribution in [-0.2, 0) is 41.8 Å². The van der Waals surface area contributed by atoms with E-state index in [9.17, 15) is 33.2 Å². The molecule has 1 saturated heterocycles. The van der Waals surface area contributed by atoms with Gasteiger partial charge < -0.3 is 19.2 Å². The van der Waals surface area contributed by atoms with E-state index in [2.05, 4.69) is 33.9 Å². The highest BCUT2D eigenvalue weighted by atomic mass is 32.2. The van der Waals surface area contributed by atoms with Crippen molar-refractivity contribution < 1.29 is 37.2 Å². The number of ether oxygens (including phenoxy) is 1. The standard InChI is InChI=1S/C36H43N3O9SSi/c1-21-27(19-37-28-10-8-9-26-24(17-18-40)13-16-29(31(26)28)49(37,45)46)33(35(42)47-20-23-11-14-25(15-12-23)39(43)44)38-32(21)30(34(38)41)22(2)48-50(6,7)36(3,4)5/h8-16,21-22,30,32,40H,17-20H2,1-7H3/t21-,22+,30?,32?/m0/s1. The maximum atomic E-state index is 14.2. The van der Waals surface area contributed by atoms with Gasteiger partial charge in [0.1, 0.15) is 12.3 Å². The number of benzene rings is 3. The van der Waals surface area contributed by atoms with Gasteiger partial charge >= 0.3 is 5.97 Å². The second-order valence-electron chi connectivity index (χ2n) is 14.9. The van der Waals surface area contributed by atoms with Crippen LogP contribution in [0.3, 0.4) is 0 Å². The van der Waals surface area contributed by atoms with E-state index in [1.807, 2.05) is 19.9 Å². The van der Waals surface area contributed by atoms with Crippen LogP contribution < -0.4 is 4.31 Å². The Balaban J connectivity index is 1.37. The van der Waals surface area contributed by atoms with Crippen LogP contribution in [-0.4, -0.2) is 68.8 Å². The van der Waals surface area contributed by atoms with E-state index in [-0.39, 0.29) is 47.0 Å². The Hall–Kier alpha value is -4.11. The molecule has 4 atom stereocenters. The second kappa shape index (κ2) is 12.6. The minimum atomic E-state index is -4.05. The highest BCUT2D eigenvalue weighted by Crippen LogP contribution is 2.51. The fourth-order valence-electron chi connectivity index (χ4n) is 7.23. The first-order valence-corrected chi connectivity index (χ1v) is 21.1. The lowest BCUT2D eigenvalue weighted by atomic mass is 9.77. The minimum Gasteiger partial charge on any atom is -0.456 e. The minimum absolute atomic E-state index is 0.0180. The van der Waals surface area contributed by atoms with Crippen LogP contribution in [0, 0.1) is 22.0 Å². The molecule has 3 aliphatic rings. The summed E-state index contributed by atoms with van der Waals surface area (Å²) in [6.45, 7) is 13.9. The molecule has 1 fully saturated rings. The summed E-state index contributed by atoms with van der Waals surface area (Å²) in [7, 11) is -6.32. The molecule has 3 heterocycles. The third kappa shape index (κ3) is 5.71. The largest absolute Gasteiger partial charge is 0.456 e. The maximum absolute atomic E-state index is 14.2.